The van der Waals surface area contributed by atoms with Gasteiger partial charge in [-0.05, 0) is 30.5 Å². The summed E-state index contributed by atoms with van der Waals surface area (Å²) in [4.78, 5) is 44.5. The van der Waals surface area contributed by atoms with Gasteiger partial charge in [-0.15, -0.1) is 22.7 Å². The largest absolute Gasteiger partial charge is 0.450 e. The van der Waals surface area contributed by atoms with Crippen molar-refractivity contribution in [3.8, 4) is 10.7 Å². The van der Waals surface area contributed by atoms with Crippen LogP contribution in [0.15, 0.2) is 41.2 Å². The lowest BCUT2D eigenvalue weighted by atomic mass is 10.3. The van der Waals surface area contributed by atoms with Gasteiger partial charge in [0.2, 0.25) is 0 Å². The highest BCUT2D eigenvalue weighted by Crippen LogP contribution is 2.25. The number of aromatic nitrogens is 2. The van der Waals surface area contributed by atoms with Crippen LogP contribution < -0.4 is 10.6 Å². The van der Waals surface area contributed by atoms with Gasteiger partial charge >= 0.3 is 6.09 Å². The minimum Gasteiger partial charge on any atom is -0.450 e. The third kappa shape index (κ3) is 4.54. The number of anilines is 1. The maximum atomic E-state index is 12.5. The molecular formula is C17H14N4O4S2. The molecule has 0 aliphatic carbocycles. The van der Waals surface area contributed by atoms with E-state index in [2.05, 4.69) is 25.3 Å². The Morgan fingerprint density at radius 2 is 2.00 bits per heavy atom. The fraction of sp³-hybridized carbons (Fsp3) is 0.118. The van der Waals surface area contributed by atoms with E-state index in [4.69, 9.17) is 0 Å². The first-order chi connectivity index (χ1) is 13.1. The van der Waals surface area contributed by atoms with E-state index in [9.17, 15) is 14.4 Å². The van der Waals surface area contributed by atoms with Gasteiger partial charge < -0.3 is 10.1 Å². The number of carbonyl (C=O) groups excluding carboxylic acids is 3. The predicted molar refractivity (Wildman–Crippen MR) is 102 cm³/mol. The van der Waals surface area contributed by atoms with Crippen molar-refractivity contribution in [3.63, 3.8) is 0 Å². The molecule has 3 aromatic rings. The molecule has 0 aromatic carbocycles. The molecule has 0 aliphatic heterocycles. The van der Waals surface area contributed by atoms with Gasteiger partial charge in [0.25, 0.3) is 11.8 Å². The lowest BCUT2D eigenvalue weighted by molar-refractivity contribution is 0.0926. The lowest BCUT2D eigenvalue weighted by Crippen LogP contribution is -2.31. The highest BCUT2D eigenvalue weighted by atomic mass is 32.1. The predicted octanol–water partition coefficient (Wildman–Crippen LogP) is 3.41. The summed E-state index contributed by atoms with van der Waals surface area (Å²) in [6.45, 7) is 1.78. The van der Waals surface area contributed by atoms with Gasteiger partial charge in [0.05, 0.1) is 17.9 Å². The quantitative estimate of drug-likeness (QED) is 0.677. The van der Waals surface area contributed by atoms with Crippen LogP contribution in [-0.4, -0.2) is 34.5 Å². The molecule has 2 N–H and O–H groups in total. The Kier molecular flexibility index (Phi) is 5.89. The van der Waals surface area contributed by atoms with Crippen LogP contribution >= 0.6 is 22.7 Å². The lowest BCUT2D eigenvalue weighted by Gasteiger charge is -2.06. The molecule has 0 saturated heterocycles. The summed E-state index contributed by atoms with van der Waals surface area (Å²) in [6, 6.07) is 6.95. The number of imide groups is 1. The SMILES string of the molecule is CCOC(=O)NC(=O)c1ccsc1NC(=O)c1csc(-c2ccccn2)n1. The molecule has 3 amide bonds. The maximum absolute atomic E-state index is 12.5. The van der Waals surface area contributed by atoms with E-state index in [0.29, 0.717) is 15.7 Å². The zero-order valence-electron chi connectivity index (χ0n) is 14.1. The number of nitrogens with one attached hydrogen (secondary N) is 2. The number of carbonyl (C=O) groups is 3. The number of alkyl carbamates (subject to hydrolysis) is 1. The number of hydrogen-bond acceptors (Lipinski definition) is 8. The smallest absolute Gasteiger partial charge is 0.414 e. The Morgan fingerprint density at radius 3 is 2.74 bits per heavy atom. The zero-order valence-corrected chi connectivity index (χ0v) is 15.7. The van der Waals surface area contributed by atoms with Crippen LogP contribution in [0.5, 0.6) is 0 Å². The van der Waals surface area contributed by atoms with E-state index in [1.807, 2.05) is 6.07 Å². The topological polar surface area (TPSA) is 110 Å². The summed E-state index contributed by atoms with van der Waals surface area (Å²) in [5, 5.41) is 8.93. The molecule has 0 unspecified atom stereocenters. The summed E-state index contributed by atoms with van der Waals surface area (Å²) in [5.74, 6) is -1.11. The van der Waals surface area contributed by atoms with Crippen molar-refractivity contribution in [3.05, 3.63) is 52.5 Å². The van der Waals surface area contributed by atoms with Crippen molar-refractivity contribution in [2.75, 3.05) is 11.9 Å². The number of pyridine rings is 1. The third-order valence-electron chi connectivity index (χ3n) is 3.25. The van der Waals surface area contributed by atoms with Gasteiger partial charge in [0, 0.05) is 11.6 Å². The second kappa shape index (κ2) is 8.52. The van der Waals surface area contributed by atoms with Crippen molar-refractivity contribution >= 4 is 45.6 Å². The van der Waals surface area contributed by atoms with E-state index >= 15 is 0 Å². The number of ether oxygens (including phenoxy) is 1. The van der Waals surface area contributed by atoms with Crippen LogP contribution in [-0.2, 0) is 4.74 Å². The van der Waals surface area contributed by atoms with Crippen LogP contribution in [0.2, 0.25) is 0 Å². The number of amides is 3. The average Bonchev–Trinajstić information content (AvgIpc) is 3.32. The zero-order chi connectivity index (χ0) is 19.2. The van der Waals surface area contributed by atoms with Gasteiger partial charge in [0.15, 0.2) is 0 Å². The van der Waals surface area contributed by atoms with Gasteiger partial charge in [-0.2, -0.15) is 0 Å². The molecular weight excluding hydrogens is 388 g/mol. The molecule has 27 heavy (non-hydrogen) atoms. The summed E-state index contributed by atoms with van der Waals surface area (Å²) in [7, 11) is 0. The Hall–Kier alpha value is -3.11. The second-order valence-corrected chi connectivity index (χ2v) is 6.82. The van der Waals surface area contributed by atoms with E-state index in [1.54, 1.807) is 36.0 Å². The maximum Gasteiger partial charge on any atom is 0.414 e. The molecule has 138 valence electrons. The van der Waals surface area contributed by atoms with Gasteiger partial charge in [-0.25, -0.2) is 9.78 Å². The van der Waals surface area contributed by atoms with E-state index < -0.39 is 17.9 Å². The normalized spacial score (nSPS) is 10.3. The van der Waals surface area contributed by atoms with E-state index in [0.717, 1.165) is 11.3 Å². The number of thiophene rings is 1. The fourth-order valence-corrected chi connectivity index (χ4v) is 3.62. The molecule has 8 nitrogen and oxygen atoms in total. The first kappa shape index (κ1) is 18.7. The molecule has 3 aromatic heterocycles. The van der Waals surface area contributed by atoms with Gasteiger partial charge in [0.1, 0.15) is 15.7 Å². The molecule has 10 heteroatoms. The number of rotatable bonds is 5. The van der Waals surface area contributed by atoms with E-state index in [-0.39, 0.29) is 17.9 Å². The summed E-state index contributed by atoms with van der Waals surface area (Å²) >= 11 is 2.46. The first-order valence-corrected chi connectivity index (χ1v) is 9.58. The van der Waals surface area contributed by atoms with Crippen LogP contribution in [0.3, 0.4) is 0 Å². The number of hydrogen-bond donors (Lipinski definition) is 2. The summed E-state index contributed by atoms with van der Waals surface area (Å²) < 4.78 is 4.68. The molecule has 0 bridgehead atoms. The van der Waals surface area contributed by atoms with Gasteiger partial charge in [-0.1, -0.05) is 6.07 Å². The Labute approximate surface area is 162 Å². The van der Waals surface area contributed by atoms with Crippen molar-refractivity contribution in [1.29, 1.82) is 0 Å². The molecule has 0 spiro atoms. The standard InChI is InChI=1S/C17H14N4O4S2/c1-2-25-17(24)21-13(22)10-6-8-26-15(10)20-14(23)12-9-27-16(19-12)11-5-3-4-7-18-11/h3-9H,2H2,1H3,(H,20,23)(H,21,22,24). The summed E-state index contributed by atoms with van der Waals surface area (Å²) in [5.41, 5.74) is 1.06. The Balaban J connectivity index is 1.71. The van der Waals surface area contributed by atoms with Crippen LogP contribution in [0.1, 0.15) is 27.8 Å². The fourth-order valence-electron chi connectivity index (χ4n) is 2.06. The Bertz CT molecular complexity index is 968. The van der Waals surface area contributed by atoms with Crippen molar-refractivity contribution in [2.24, 2.45) is 0 Å². The van der Waals surface area contributed by atoms with Crippen LogP contribution in [0, 0.1) is 0 Å². The summed E-state index contributed by atoms with van der Waals surface area (Å²) in [6.07, 6.45) is 0.807. The monoisotopic (exact) mass is 402 g/mol. The van der Waals surface area contributed by atoms with E-state index in [1.165, 1.54) is 17.4 Å². The highest BCUT2D eigenvalue weighted by molar-refractivity contribution is 7.15. The molecule has 0 radical (unpaired) electrons. The van der Waals surface area contributed by atoms with Gasteiger partial charge in [-0.3, -0.25) is 19.9 Å². The molecule has 3 heterocycles. The second-order valence-electron chi connectivity index (χ2n) is 5.04. The Morgan fingerprint density at radius 1 is 1.15 bits per heavy atom. The minimum absolute atomic E-state index is 0.148. The molecule has 0 fully saturated rings. The molecule has 0 atom stereocenters. The average molecular weight is 402 g/mol. The van der Waals surface area contributed by atoms with Crippen molar-refractivity contribution in [1.82, 2.24) is 15.3 Å². The van der Waals surface area contributed by atoms with Crippen LogP contribution in [0.4, 0.5) is 9.80 Å². The highest BCUT2D eigenvalue weighted by Gasteiger charge is 2.19. The van der Waals surface area contributed by atoms with Crippen molar-refractivity contribution in [2.45, 2.75) is 6.92 Å². The molecule has 0 aliphatic rings. The van der Waals surface area contributed by atoms with Crippen molar-refractivity contribution < 1.29 is 19.1 Å². The molecule has 0 saturated carbocycles. The third-order valence-corrected chi connectivity index (χ3v) is 4.94. The van der Waals surface area contributed by atoms with Crippen LogP contribution in [0.25, 0.3) is 10.7 Å². The number of thiazole rings is 1. The first-order valence-electron chi connectivity index (χ1n) is 7.82. The molecule has 3 rings (SSSR count). The minimum atomic E-state index is -0.842. The number of nitrogens with zero attached hydrogens (tertiary/aromatic N) is 2.